The van der Waals surface area contributed by atoms with Crippen LogP contribution in [0, 0.1) is 0 Å². The first-order valence-corrected chi connectivity index (χ1v) is 6.72. The van der Waals surface area contributed by atoms with E-state index in [4.69, 9.17) is 10.9 Å². The maximum absolute atomic E-state index is 8.89. The highest BCUT2D eigenvalue weighted by atomic mass is 32.2. The number of nitrogens with zero attached hydrogens (tertiary/aromatic N) is 3. The summed E-state index contributed by atoms with van der Waals surface area (Å²) in [5.74, 6) is 0.638. The molecular formula is C13H14N4OS. The molecule has 0 saturated carbocycles. The van der Waals surface area contributed by atoms with Gasteiger partial charge < -0.3 is 10.9 Å². The van der Waals surface area contributed by atoms with Crippen LogP contribution in [0.15, 0.2) is 59.1 Å². The summed E-state index contributed by atoms with van der Waals surface area (Å²) in [5.41, 5.74) is 6.76. The Labute approximate surface area is 115 Å². The number of aromatic nitrogens is 2. The fourth-order valence-electron chi connectivity index (χ4n) is 1.63. The molecule has 0 aliphatic rings. The van der Waals surface area contributed by atoms with Crippen LogP contribution in [0.5, 0.6) is 0 Å². The summed E-state index contributed by atoms with van der Waals surface area (Å²) in [6, 6.07) is 11.5. The van der Waals surface area contributed by atoms with E-state index in [1.54, 1.807) is 18.5 Å². The number of hydrogen-bond donors (Lipinski definition) is 2. The molecule has 1 atom stereocenters. The highest BCUT2D eigenvalue weighted by Crippen LogP contribution is 2.24. The molecule has 5 nitrogen and oxygen atoms in total. The van der Waals surface area contributed by atoms with E-state index in [2.05, 4.69) is 15.1 Å². The van der Waals surface area contributed by atoms with Gasteiger partial charge in [0.25, 0.3) is 0 Å². The van der Waals surface area contributed by atoms with E-state index in [-0.39, 0.29) is 11.8 Å². The molecule has 2 rings (SSSR count). The number of benzene rings is 1. The minimum Gasteiger partial charge on any atom is -0.409 e. The Bertz CT molecular complexity index is 533. The number of thioether (sulfide) groups is 1. The highest BCUT2D eigenvalue weighted by molar-refractivity contribution is 7.99. The Balaban J connectivity index is 2.12. The smallest absolute Gasteiger partial charge is 0.187 e. The van der Waals surface area contributed by atoms with Crippen molar-refractivity contribution < 1.29 is 5.21 Å². The summed E-state index contributed by atoms with van der Waals surface area (Å²) in [4.78, 5) is 8.28. The molecule has 98 valence electrons. The van der Waals surface area contributed by atoms with Crippen LogP contribution in [-0.2, 0) is 0 Å². The van der Waals surface area contributed by atoms with Crippen molar-refractivity contribution in [3.63, 3.8) is 0 Å². The predicted molar refractivity (Wildman–Crippen MR) is 75.3 cm³/mol. The van der Waals surface area contributed by atoms with Crippen LogP contribution in [0.2, 0.25) is 0 Å². The van der Waals surface area contributed by atoms with Gasteiger partial charge in [-0.1, -0.05) is 47.2 Å². The molecule has 0 amide bonds. The van der Waals surface area contributed by atoms with Crippen molar-refractivity contribution in [1.82, 2.24) is 9.97 Å². The Morgan fingerprint density at radius 1 is 1.21 bits per heavy atom. The van der Waals surface area contributed by atoms with E-state index < -0.39 is 0 Å². The second kappa shape index (κ2) is 6.75. The molecule has 1 aromatic heterocycles. The summed E-state index contributed by atoms with van der Waals surface area (Å²) in [6.45, 7) is 0. The van der Waals surface area contributed by atoms with Crippen LogP contribution >= 0.6 is 11.8 Å². The second-order valence-electron chi connectivity index (χ2n) is 3.83. The normalized spacial score (nSPS) is 13.2. The van der Waals surface area contributed by atoms with Crippen molar-refractivity contribution in [2.24, 2.45) is 10.9 Å². The van der Waals surface area contributed by atoms with Gasteiger partial charge in [0, 0.05) is 18.1 Å². The van der Waals surface area contributed by atoms with E-state index >= 15 is 0 Å². The average Bonchev–Trinajstić information content (AvgIpc) is 2.49. The van der Waals surface area contributed by atoms with Gasteiger partial charge in [-0.3, -0.25) is 0 Å². The zero-order chi connectivity index (χ0) is 13.5. The first-order chi connectivity index (χ1) is 9.31. The van der Waals surface area contributed by atoms with Crippen molar-refractivity contribution >= 4 is 17.6 Å². The molecule has 2 aromatic rings. The van der Waals surface area contributed by atoms with Gasteiger partial charge in [-0.2, -0.15) is 0 Å². The summed E-state index contributed by atoms with van der Waals surface area (Å²) >= 11 is 1.47. The molecule has 19 heavy (non-hydrogen) atoms. The Kier molecular flexibility index (Phi) is 4.74. The minimum absolute atomic E-state index is 0.167. The first-order valence-electron chi connectivity index (χ1n) is 5.73. The fourth-order valence-corrected chi connectivity index (χ4v) is 2.57. The molecule has 6 heteroatoms. The Hall–Kier alpha value is -2.08. The van der Waals surface area contributed by atoms with Crippen LogP contribution in [0.3, 0.4) is 0 Å². The van der Waals surface area contributed by atoms with Crippen molar-refractivity contribution in [1.29, 1.82) is 0 Å². The molecule has 0 aliphatic heterocycles. The van der Waals surface area contributed by atoms with E-state index in [1.807, 2.05) is 30.3 Å². The molecule has 1 unspecified atom stereocenters. The molecule has 1 heterocycles. The number of rotatable bonds is 5. The zero-order valence-corrected chi connectivity index (χ0v) is 11.0. The van der Waals surface area contributed by atoms with Gasteiger partial charge in [-0.05, 0) is 11.6 Å². The standard InChI is InChI=1S/C13H14N4OS/c14-12(17-18)11(10-5-2-1-3-6-10)9-19-13-15-7-4-8-16-13/h1-8,11,18H,9H2,(H2,14,17). The van der Waals surface area contributed by atoms with E-state index in [9.17, 15) is 0 Å². The Morgan fingerprint density at radius 3 is 2.53 bits per heavy atom. The third-order valence-electron chi connectivity index (χ3n) is 2.60. The van der Waals surface area contributed by atoms with Gasteiger partial charge in [-0.15, -0.1) is 0 Å². The maximum atomic E-state index is 8.89. The van der Waals surface area contributed by atoms with Gasteiger partial charge in [-0.25, -0.2) is 9.97 Å². The molecule has 0 aliphatic carbocycles. The summed E-state index contributed by atoms with van der Waals surface area (Å²) in [7, 11) is 0. The van der Waals surface area contributed by atoms with E-state index in [0.29, 0.717) is 10.9 Å². The van der Waals surface area contributed by atoms with Gasteiger partial charge in [0.05, 0.1) is 5.92 Å². The molecule has 3 N–H and O–H groups in total. The van der Waals surface area contributed by atoms with Crippen LogP contribution in [-0.4, -0.2) is 26.8 Å². The summed E-state index contributed by atoms with van der Waals surface area (Å²) < 4.78 is 0. The highest BCUT2D eigenvalue weighted by Gasteiger charge is 2.17. The van der Waals surface area contributed by atoms with Gasteiger partial charge >= 0.3 is 0 Å². The lowest BCUT2D eigenvalue weighted by atomic mass is 10.0. The largest absolute Gasteiger partial charge is 0.409 e. The topological polar surface area (TPSA) is 84.4 Å². The van der Waals surface area contributed by atoms with Crippen LogP contribution in [0.25, 0.3) is 0 Å². The van der Waals surface area contributed by atoms with Gasteiger partial charge in [0.1, 0.15) is 5.84 Å². The third kappa shape index (κ3) is 3.69. The number of nitrogens with two attached hydrogens (primary N) is 1. The van der Waals surface area contributed by atoms with Crippen LogP contribution < -0.4 is 5.73 Å². The zero-order valence-electron chi connectivity index (χ0n) is 10.2. The van der Waals surface area contributed by atoms with Crippen molar-refractivity contribution in [2.45, 2.75) is 11.1 Å². The minimum atomic E-state index is -0.167. The first kappa shape index (κ1) is 13.4. The molecular weight excluding hydrogens is 260 g/mol. The lowest BCUT2D eigenvalue weighted by Crippen LogP contribution is -2.24. The maximum Gasteiger partial charge on any atom is 0.187 e. The lowest BCUT2D eigenvalue weighted by molar-refractivity contribution is 0.316. The van der Waals surface area contributed by atoms with E-state index in [1.165, 1.54) is 11.8 Å². The van der Waals surface area contributed by atoms with Gasteiger partial charge in [0.15, 0.2) is 5.16 Å². The number of oxime groups is 1. The third-order valence-corrected chi connectivity index (χ3v) is 3.56. The van der Waals surface area contributed by atoms with Crippen LogP contribution in [0.1, 0.15) is 11.5 Å². The van der Waals surface area contributed by atoms with Crippen molar-refractivity contribution in [3.8, 4) is 0 Å². The fraction of sp³-hybridized carbons (Fsp3) is 0.154. The van der Waals surface area contributed by atoms with Crippen molar-refractivity contribution in [2.75, 3.05) is 5.75 Å². The SMILES string of the molecule is NC(=NO)C(CSc1ncccn1)c1ccccc1. The monoisotopic (exact) mass is 274 g/mol. The molecule has 0 spiro atoms. The quantitative estimate of drug-likeness (QED) is 0.218. The van der Waals surface area contributed by atoms with Crippen LogP contribution in [0.4, 0.5) is 0 Å². The predicted octanol–water partition coefficient (Wildman–Crippen LogP) is 2.10. The molecule has 1 aromatic carbocycles. The average molecular weight is 274 g/mol. The Morgan fingerprint density at radius 2 is 1.89 bits per heavy atom. The number of amidine groups is 1. The molecule has 0 saturated heterocycles. The second-order valence-corrected chi connectivity index (χ2v) is 4.82. The van der Waals surface area contributed by atoms with E-state index in [0.717, 1.165) is 5.56 Å². The molecule has 0 bridgehead atoms. The summed E-state index contributed by atoms with van der Waals surface area (Å²) in [5, 5.41) is 12.7. The van der Waals surface area contributed by atoms with Gasteiger partial charge in [0.2, 0.25) is 0 Å². The number of hydrogen-bond acceptors (Lipinski definition) is 5. The molecule has 0 radical (unpaired) electrons. The summed E-state index contributed by atoms with van der Waals surface area (Å²) in [6.07, 6.45) is 3.38. The van der Waals surface area contributed by atoms with Crippen molar-refractivity contribution in [3.05, 3.63) is 54.4 Å². The molecule has 0 fully saturated rings. The lowest BCUT2D eigenvalue weighted by Gasteiger charge is -2.14.